The minimum atomic E-state index is -3.63. The Hall–Kier alpha value is -0.920. The van der Waals surface area contributed by atoms with Crippen LogP contribution in [0.2, 0.25) is 5.02 Å². The van der Waals surface area contributed by atoms with Crippen molar-refractivity contribution in [1.82, 2.24) is 9.62 Å². The highest BCUT2D eigenvalue weighted by Gasteiger charge is 2.23. The van der Waals surface area contributed by atoms with Crippen LogP contribution in [0.4, 0.5) is 0 Å². The van der Waals surface area contributed by atoms with Gasteiger partial charge < -0.3 is 0 Å². The minimum Gasteiger partial charge on any atom is -0.296 e. The van der Waals surface area contributed by atoms with Crippen molar-refractivity contribution < 1.29 is 8.42 Å². The molecule has 0 aliphatic carbocycles. The molecule has 0 fully saturated rings. The highest BCUT2D eigenvalue weighted by atomic mass is 35.5. The highest BCUT2D eigenvalue weighted by Crippen LogP contribution is 2.24. The standard InChI is InChI=1S/C16H21ClN2O2S2/c1-3-19(4-2)15(13-9-10-22-12-13)11-18-23(20,21)16-8-6-5-7-14(16)17/h5-10,12,15,18H,3-4,11H2,1-2H3. The van der Waals surface area contributed by atoms with Gasteiger partial charge in [0.2, 0.25) is 10.0 Å². The van der Waals surface area contributed by atoms with E-state index < -0.39 is 10.0 Å². The molecule has 7 heteroatoms. The van der Waals surface area contributed by atoms with Gasteiger partial charge in [-0.25, -0.2) is 13.1 Å². The Morgan fingerprint density at radius 3 is 2.48 bits per heavy atom. The van der Waals surface area contributed by atoms with Crippen molar-refractivity contribution in [3.8, 4) is 0 Å². The Balaban J connectivity index is 2.20. The minimum absolute atomic E-state index is 0.00788. The molecule has 0 bridgehead atoms. The molecule has 4 nitrogen and oxygen atoms in total. The molecule has 126 valence electrons. The maximum absolute atomic E-state index is 12.5. The van der Waals surface area contributed by atoms with E-state index >= 15 is 0 Å². The molecular weight excluding hydrogens is 352 g/mol. The van der Waals surface area contributed by atoms with Gasteiger partial charge in [-0.3, -0.25) is 4.90 Å². The van der Waals surface area contributed by atoms with Crippen LogP contribution >= 0.6 is 22.9 Å². The van der Waals surface area contributed by atoms with Gasteiger partial charge in [0.05, 0.1) is 5.02 Å². The zero-order valence-corrected chi connectivity index (χ0v) is 15.6. The number of halogens is 1. The Labute approximate surface area is 147 Å². The smallest absolute Gasteiger partial charge is 0.242 e. The first-order chi connectivity index (χ1) is 11.0. The lowest BCUT2D eigenvalue weighted by Gasteiger charge is -2.29. The lowest BCUT2D eigenvalue weighted by Crippen LogP contribution is -2.38. The Bertz CT molecular complexity index is 713. The maximum atomic E-state index is 12.5. The molecule has 0 amide bonds. The maximum Gasteiger partial charge on any atom is 0.242 e. The van der Waals surface area contributed by atoms with E-state index in [9.17, 15) is 8.42 Å². The van der Waals surface area contributed by atoms with E-state index in [2.05, 4.69) is 28.8 Å². The van der Waals surface area contributed by atoms with Crippen LogP contribution in [0.25, 0.3) is 0 Å². The van der Waals surface area contributed by atoms with E-state index in [0.29, 0.717) is 6.54 Å². The second-order valence-corrected chi connectivity index (χ2v) is 8.00. The molecule has 0 saturated heterocycles. The van der Waals surface area contributed by atoms with Gasteiger partial charge in [-0.05, 0) is 47.6 Å². The van der Waals surface area contributed by atoms with Crippen molar-refractivity contribution in [3.63, 3.8) is 0 Å². The largest absolute Gasteiger partial charge is 0.296 e. The monoisotopic (exact) mass is 372 g/mol. The molecule has 0 saturated carbocycles. The third-order valence-corrected chi connectivity index (χ3v) is 6.40. The number of benzene rings is 1. The van der Waals surface area contributed by atoms with Crippen molar-refractivity contribution >= 4 is 33.0 Å². The zero-order valence-electron chi connectivity index (χ0n) is 13.2. The Morgan fingerprint density at radius 1 is 1.22 bits per heavy atom. The molecule has 0 aliphatic rings. The molecular formula is C16H21ClN2O2S2. The average Bonchev–Trinajstić information content (AvgIpc) is 3.05. The average molecular weight is 373 g/mol. The van der Waals surface area contributed by atoms with Gasteiger partial charge in [0.25, 0.3) is 0 Å². The first-order valence-electron chi connectivity index (χ1n) is 7.50. The molecule has 1 N–H and O–H groups in total. The van der Waals surface area contributed by atoms with E-state index in [1.54, 1.807) is 29.5 Å². The van der Waals surface area contributed by atoms with E-state index in [1.165, 1.54) is 6.07 Å². The summed E-state index contributed by atoms with van der Waals surface area (Å²) in [5, 5.41) is 4.30. The number of nitrogens with zero attached hydrogens (tertiary/aromatic N) is 1. The summed E-state index contributed by atoms with van der Waals surface area (Å²) in [5.74, 6) is 0. The fourth-order valence-electron chi connectivity index (χ4n) is 2.52. The van der Waals surface area contributed by atoms with Gasteiger partial charge in [-0.1, -0.05) is 37.6 Å². The van der Waals surface area contributed by atoms with Crippen molar-refractivity contribution in [3.05, 3.63) is 51.7 Å². The van der Waals surface area contributed by atoms with Gasteiger partial charge in [0, 0.05) is 12.6 Å². The molecule has 2 aromatic rings. The van der Waals surface area contributed by atoms with Crippen LogP contribution in [-0.2, 0) is 10.0 Å². The number of thiophene rings is 1. The lowest BCUT2D eigenvalue weighted by atomic mass is 10.1. The third-order valence-electron chi connectivity index (χ3n) is 3.77. The van der Waals surface area contributed by atoms with Crippen molar-refractivity contribution in [2.75, 3.05) is 19.6 Å². The SMILES string of the molecule is CCN(CC)C(CNS(=O)(=O)c1ccccc1Cl)c1ccsc1. The van der Waals surface area contributed by atoms with E-state index in [1.807, 2.05) is 11.4 Å². The molecule has 1 aromatic carbocycles. The number of hydrogen-bond donors (Lipinski definition) is 1. The normalized spacial score (nSPS) is 13.4. The number of likely N-dealkylation sites (N-methyl/N-ethyl adjacent to an activating group) is 1. The quantitative estimate of drug-likeness (QED) is 0.767. The van der Waals surface area contributed by atoms with E-state index in [-0.39, 0.29) is 16.0 Å². The van der Waals surface area contributed by atoms with Crippen LogP contribution in [-0.4, -0.2) is 33.0 Å². The zero-order chi connectivity index (χ0) is 16.9. The van der Waals surface area contributed by atoms with E-state index in [4.69, 9.17) is 11.6 Å². The summed E-state index contributed by atoms with van der Waals surface area (Å²) < 4.78 is 27.7. The number of hydrogen-bond acceptors (Lipinski definition) is 4. The van der Waals surface area contributed by atoms with Gasteiger partial charge in [0.15, 0.2) is 0 Å². The van der Waals surface area contributed by atoms with Gasteiger partial charge in [-0.2, -0.15) is 11.3 Å². The van der Waals surface area contributed by atoms with Crippen molar-refractivity contribution in [2.45, 2.75) is 24.8 Å². The predicted molar refractivity (Wildman–Crippen MR) is 96.6 cm³/mol. The summed E-state index contributed by atoms with van der Waals surface area (Å²) in [6, 6.07) is 8.52. The van der Waals surface area contributed by atoms with Crippen LogP contribution in [0, 0.1) is 0 Å². The summed E-state index contributed by atoms with van der Waals surface area (Å²) in [7, 11) is -3.63. The molecule has 1 atom stereocenters. The third kappa shape index (κ3) is 4.55. The lowest BCUT2D eigenvalue weighted by molar-refractivity contribution is 0.220. The number of rotatable bonds is 8. The number of sulfonamides is 1. The molecule has 1 unspecified atom stereocenters. The van der Waals surface area contributed by atoms with Crippen molar-refractivity contribution in [2.24, 2.45) is 0 Å². The van der Waals surface area contributed by atoms with Gasteiger partial charge in [-0.15, -0.1) is 0 Å². The summed E-state index contributed by atoms with van der Waals surface area (Å²) in [6.45, 7) is 6.17. The first kappa shape index (κ1) is 18.4. The van der Waals surface area contributed by atoms with Gasteiger partial charge in [0.1, 0.15) is 4.90 Å². The Morgan fingerprint density at radius 2 is 1.91 bits per heavy atom. The van der Waals surface area contributed by atoms with Crippen LogP contribution in [0.3, 0.4) is 0 Å². The summed E-state index contributed by atoms with van der Waals surface area (Å²) in [6.07, 6.45) is 0. The molecule has 1 heterocycles. The van der Waals surface area contributed by atoms with Crippen LogP contribution in [0.5, 0.6) is 0 Å². The van der Waals surface area contributed by atoms with Gasteiger partial charge >= 0.3 is 0 Å². The molecule has 23 heavy (non-hydrogen) atoms. The summed E-state index contributed by atoms with van der Waals surface area (Å²) >= 11 is 7.63. The molecule has 0 radical (unpaired) electrons. The molecule has 0 aliphatic heterocycles. The number of nitrogens with one attached hydrogen (secondary N) is 1. The fraction of sp³-hybridized carbons (Fsp3) is 0.375. The van der Waals surface area contributed by atoms with Crippen molar-refractivity contribution in [1.29, 1.82) is 0 Å². The topological polar surface area (TPSA) is 49.4 Å². The summed E-state index contributed by atoms with van der Waals surface area (Å²) in [5.41, 5.74) is 1.13. The fourth-order valence-corrected chi connectivity index (χ4v) is 4.78. The molecule has 0 spiro atoms. The Kier molecular flexibility index (Phi) is 6.61. The second kappa shape index (κ2) is 8.26. The summed E-state index contributed by atoms with van der Waals surface area (Å²) in [4.78, 5) is 2.35. The van der Waals surface area contributed by atoms with Crippen LogP contribution < -0.4 is 4.72 Å². The second-order valence-electron chi connectivity index (χ2n) is 5.08. The molecule has 1 aromatic heterocycles. The van der Waals surface area contributed by atoms with E-state index in [0.717, 1.165) is 18.7 Å². The van der Waals surface area contributed by atoms with Crippen LogP contribution in [0.1, 0.15) is 25.5 Å². The van der Waals surface area contributed by atoms with Crippen LogP contribution in [0.15, 0.2) is 46.0 Å². The predicted octanol–water partition coefficient (Wildman–Crippen LogP) is 3.76. The molecule has 2 rings (SSSR count). The highest BCUT2D eigenvalue weighted by molar-refractivity contribution is 7.89. The first-order valence-corrected chi connectivity index (χ1v) is 10.3.